The highest BCUT2D eigenvalue weighted by molar-refractivity contribution is 7.80. The molecule has 0 unspecified atom stereocenters. The van der Waals surface area contributed by atoms with Gasteiger partial charge in [-0.25, -0.2) is 8.78 Å². The van der Waals surface area contributed by atoms with Crippen molar-refractivity contribution in [2.75, 3.05) is 5.32 Å². The quantitative estimate of drug-likeness (QED) is 0.494. The fourth-order valence-corrected chi connectivity index (χ4v) is 2.04. The molecule has 2 aromatic rings. The zero-order chi connectivity index (χ0) is 16.8. The van der Waals surface area contributed by atoms with Crippen molar-refractivity contribution >= 4 is 29.2 Å². The summed E-state index contributed by atoms with van der Waals surface area (Å²) < 4.78 is 25.9. The Bertz CT molecular complexity index is 712. The maximum atomic E-state index is 13.0. The molecule has 0 atom stereocenters. The molecule has 23 heavy (non-hydrogen) atoms. The minimum atomic E-state index is -0.917. The van der Waals surface area contributed by atoms with E-state index in [1.54, 1.807) is 0 Å². The van der Waals surface area contributed by atoms with Gasteiger partial charge in [-0.05, 0) is 53.5 Å². The minimum absolute atomic E-state index is 0.307. The summed E-state index contributed by atoms with van der Waals surface area (Å²) in [4.78, 5) is 0. The van der Waals surface area contributed by atoms with Gasteiger partial charge in [-0.1, -0.05) is 32.0 Å². The highest BCUT2D eigenvalue weighted by atomic mass is 32.1. The second kappa shape index (κ2) is 7.78. The number of thiocarbonyl (C=S) groups is 1. The third-order valence-corrected chi connectivity index (χ3v) is 3.35. The van der Waals surface area contributed by atoms with Gasteiger partial charge >= 0.3 is 0 Å². The van der Waals surface area contributed by atoms with Crippen LogP contribution in [0.15, 0.2) is 47.6 Å². The number of hydrogen-bond donors (Lipinski definition) is 2. The summed E-state index contributed by atoms with van der Waals surface area (Å²) in [6.07, 6.45) is 1.36. The Hall–Kier alpha value is -2.34. The highest BCUT2D eigenvalue weighted by Gasteiger charge is 2.01. The van der Waals surface area contributed by atoms with Crippen molar-refractivity contribution in [1.82, 2.24) is 5.43 Å². The van der Waals surface area contributed by atoms with Gasteiger partial charge in [0.2, 0.25) is 0 Å². The number of hydrazone groups is 1. The molecule has 3 nitrogen and oxygen atoms in total. The number of hydrogen-bond acceptors (Lipinski definition) is 2. The molecule has 0 aromatic heterocycles. The van der Waals surface area contributed by atoms with Crippen LogP contribution in [0.1, 0.15) is 30.9 Å². The number of rotatable bonds is 4. The lowest BCUT2D eigenvalue weighted by atomic mass is 10.0. The van der Waals surface area contributed by atoms with Crippen LogP contribution < -0.4 is 10.7 Å². The van der Waals surface area contributed by atoms with Gasteiger partial charge < -0.3 is 5.32 Å². The maximum Gasteiger partial charge on any atom is 0.191 e. The van der Waals surface area contributed by atoms with Crippen LogP contribution in [0.2, 0.25) is 0 Å². The van der Waals surface area contributed by atoms with Gasteiger partial charge in [0.15, 0.2) is 16.7 Å². The van der Waals surface area contributed by atoms with Gasteiger partial charge in [0.1, 0.15) is 0 Å². The van der Waals surface area contributed by atoms with Crippen molar-refractivity contribution in [2.45, 2.75) is 19.8 Å². The first-order valence-corrected chi connectivity index (χ1v) is 7.51. The van der Waals surface area contributed by atoms with Crippen LogP contribution >= 0.6 is 12.2 Å². The molecule has 6 heteroatoms. The van der Waals surface area contributed by atoms with E-state index in [-0.39, 0.29) is 0 Å². The molecule has 0 bridgehead atoms. The molecule has 2 rings (SSSR count). The summed E-state index contributed by atoms with van der Waals surface area (Å²) in [5, 5.41) is 7.18. The van der Waals surface area contributed by atoms with E-state index in [2.05, 4.69) is 29.7 Å². The third kappa shape index (κ3) is 5.10. The first kappa shape index (κ1) is 17.0. The molecule has 0 heterocycles. The van der Waals surface area contributed by atoms with Gasteiger partial charge in [0, 0.05) is 5.69 Å². The Labute approximate surface area is 139 Å². The average molecular weight is 333 g/mol. The monoisotopic (exact) mass is 333 g/mol. The van der Waals surface area contributed by atoms with Crippen LogP contribution in [0.25, 0.3) is 0 Å². The fraction of sp³-hybridized carbons (Fsp3) is 0.176. The Morgan fingerprint density at radius 3 is 2.39 bits per heavy atom. The number of nitrogens with zero attached hydrogens (tertiary/aromatic N) is 1. The molecule has 0 aliphatic rings. The summed E-state index contributed by atoms with van der Waals surface area (Å²) in [5.74, 6) is -1.34. The standard InChI is InChI=1S/C17H17F2N3S/c1-11(2)13-4-6-14(7-5-13)21-17(23)22-20-10-12-3-8-15(18)16(19)9-12/h3-11H,1-2H3,(H2,21,22,23)/b20-10-. The summed E-state index contributed by atoms with van der Waals surface area (Å²) in [6, 6.07) is 11.4. The van der Waals surface area contributed by atoms with E-state index in [0.29, 0.717) is 16.6 Å². The van der Waals surface area contributed by atoms with Crippen LogP contribution in [0.4, 0.5) is 14.5 Å². The van der Waals surface area contributed by atoms with E-state index in [9.17, 15) is 8.78 Å². The van der Waals surface area contributed by atoms with Crippen LogP contribution in [0, 0.1) is 11.6 Å². The van der Waals surface area contributed by atoms with Crippen molar-refractivity contribution in [1.29, 1.82) is 0 Å². The van der Waals surface area contributed by atoms with Crippen LogP contribution in [-0.2, 0) is 0 Å². The largest absolute Gasteiger partial charge is 0.331 e. The Balaban J connectivity index is 1.89. The molecule has 120 valence electrons. The van der Waals surface area contributed by atoms with Crippen molar-refractivity contribution in [2.24, 2.45) is 5.10 Å². The normalized spacial score (nSPS) is 11.0. The van der Waals surface area contributed by atoms with E-state index in [0.717, 1.165) is 17.8 Å². The number of benzene rings is 2. The molecular formula is C17H17F2N3S. The Morgan fingerprint density at radius 2 is 1.78 bits per heavy atom. The zero-order valence-corrected chi connectivity index (χ0v) is 13.6. The lowest BCUT2D eigenvalue weighted by Crippen LogP contribution is -2.23. The Kier molecular flexibility index (Phi) is 5.76. The van der Waals surface area contributed by atoms with Crippen molar-refractivity contribution in [3.8, 4) is 0 Å². The lowest BCUT2D eigenvalue weighted by molar-refractivity contribution is 0.508. The topological polar surface area (TPSA) is 36.4 Å². The molecule has 0 fully saturated rings. The SMILES string of the molecule is CC(C)c1ccc(NC(=S)N/N=C\c2ccc(F)c(F)c2)cc1. The van der Waals surface area contributed by atoms with Crippen molar-refractivity contribution in [3.05, 3.63) is 65.2 Å². The average Bonchev–Trinajstić information content (AvgIpc) is 2.51. The van der Waals surface area contributed by atoms with Gasteiger partial charge in [0.05, 0.1) is 6.21 Å². The molecule has 0 aliphatic heterocycles. The van der Waals surface area contributed by atoms with Gasteiger partial charge in [-0.3, -0.25) is 5.43 Å². The molecule has 0 saturated carbocycles. The van der Waals surface area contributed by atoms with Crippen molar-refractivity contribution < 1.29 is 8.78 Å². The van der Waals surface area contributed by atoms with Gasteiger partial charge in [-0.15, -0.1) is 0 Å². The minimum Gasteiger partial charge on any atom is -0.331 e. The van der Waals surface area contributed by atoms with Crippen molar-refractivity contribution in [3.63, 3.8) is 0 Å². The lowest BCUT2D eigenvalue weighted by Gasteiger charge is -2.09. The predicted octanol–water partition coefficient (Wildman–Crippen LogP) is 4.41. The smallest absolute Gasteiger partial charge is 0.191 e. The molecule has 2 aromatic carbocycles. The molecule has 0 radical (unpaired) electrons. The summed E-state index contributed by atoms with van der Waals surface area (Å²) in [6.45, 7) is 4.25. The number of nitrogens with one attached hydrogen (secondary N) is 2. The van der Waals surface area contributed by atoms with E-state index >= 15 is 0 Å². The first-order chi connectivity index (χ1) is 11.0. The van der Waals surface area contributed by atoms with Gasteiger partial charge in [0.25, 0.3) is 0 Å². The summed E-state index contributed by atoms with van der Waals surface area (Å²) in [7, 11) is 0. The van der Waals surface area contributed by atoms with Crippen LogP contribution in [-0.4, -0.2) is 11.3 Å². The molecule has 0 spiro atoms. The maximum absolute atomic E-state index is 13.0. The van der Waals surface area contributed by atoms with Crippen LogP contribution in [0.5, 0.6) is 0 Å². The second-order valence-electron chi connectivity index (χ2n) is 5.27. The first-order valence-electron chi connectivity index (χ1n) is 7.11. The highest BCUT2D eigenvalue weighted by Crippen LogP contribution is 2.17. The Morgan fingerprint density at radius 1 is 1.09 bits per heavy atom. The fourth-order valence-electron chi connectivity index (χ4n) is 1.87. The summed E-state index contributed by atoms with van der Waals surface area (Å²) >= 11 is 5.11. The van der Waals surface area contributed by atoms with Gasteiger partial charge in [-0.2, -0.15) is 5.10 Å². The number of anilines is 1. The molecule has 0 saturated heterocycles. The molecule has 0 aliphatic carbocycles. The van der Waals surface area contributed by atoms with E-state index in [1.165, 1.54) is 17.8 Å². The van der Waals surface area contributed by atoms with E-state index < -0.39 is 11.6 Å². The zero-order valence-electron chi connectivity index (χ0n) is 12.8. The van der Waals surface area contributed by atoms with Crippen LogP contribution in [0.3, 0.4) is 0 Å². The summed E-state index contributed by atoms with van der Waals surface area (Å²) in [5.41, 5.74) is 5.14. The molecule has 0 amide bonds. The third-order valence-electron chi connectivity index (χ3n) is 3.16. The molecule has 2 N–H and O–H groups in total. The predicted molar refractivity (Wildman–Crippen MR) is 93.8 cm³/mol. The van der Waals surface area contributed by atoms with E-state index in [1.807, 2.05) is 24.3 Å². The second-order valence-corrected chi connectivity index (χ2v) is 5.68. The van der Waals surface area contributed by atoms with E-state index in [4.69, 9.17) is 12.2 Å². The molecular weight excluding hydrogens is 316 g/mol. The number of halogens is 2.